The third-order valence-corrected chi connectivity index (χ3v) is 8.00. The number of amides is 1. The van der Waals surface area contributed by atoms with Crippen molar-refractivity contribution in [2.75, 3.05) is 25.0 Å². The van der Waals surface area contributed by atoms with E-state index in [-0.39, 0.29) is 34.8 Å². The van der Waals surface area contributed by atoms with Gasteiger partial charge in [0.25, 0.3) is 0 Å². The minimum atomic E-state index is -3.71. The number of likely N-dealkylation sites (N-methyl/N-ethyl adjacent to an activating group) is 1. The zero-order valence-corrected chi connectivity index (χ0v) is 20.1. The monoisotopic (exact) mass is 471 g/mol. The van der Waals surface area contributed by atoms with E-state index < -0.39 is 15.8 Å². The van der Waals surface area contributed by atoms with Crippen LogP contribution in [0.25, 0.3) is 11.1 Å². The predicted molar refractivity (Wildman–Crippen MR) is 127 cm³/mol. The molecule has 0 aliphatic carbocycles. The molecule has 1 aromatic heterocycles. The molecule has 1 aliphatic rings. The second-order valence-electron chi connectivity index (χ2n) is 9.14. The summed E-state index contributed by atoms with van der Waals surface area (Å²) in [5.74, 6) is -0.436. The highest BCUT2D eigenvalue weighted by molar-refractivity contribution is 7.89. The molecule has 1 fully saturated rings. The highest BCUT2D eigenvalue weighted by Gasteiger charge is 2.32. The van der Waals surface area contributed by atoms with E-state index in [4.69, 9.17) is 4.42 Å². The molecule has 176 valence electrons. The SMILES string of the molecule is Cc1cccc(N(C)C(=O)Cn2c(=O)oc3cc(S(=O)(=O)N4C[C@H](C)C[C@H](C)C4)ccc32)c1. The number of aryl methyl sites for hydroxylation is 1. The van der Waals surface area contributed by atoms with Crippen molar-refractivity contribution in [3.8, 4) is 0 Å². The summed E-state index contributed by atoms with van der Waals surface area (Å²) in [7, 11) is -2.06. The zero-order chi connectivity index (χ0) is 23.9. The first-order chi connectivity index (χ1) is 15.6. The van der Waals surface area contributed by atoms with Crippen LogP contribution in [0.5, 0.6) is 0 Å². The van der Waals surface area contributed by atoms with E-state index in [9.17, 15) is 18.0 Å². The molecule has 2 atom stereocenters. The second-order valence-corrected chi connectivity index (χ2v) is 11.1. The molecule has 0 spiro atoms. The number of piperidine rings is 1. The molecule has 3 aromatic rings. The maximum Gasteiger partial charge on any atom is 0.420 e. The first kappa shape index (κ1) is 23.3. The normalized spacial score (nSPS) is 19.6. The number of carbonyl (C=O) groups is 1. The molecule has 0 saturated carbocycles. The molecule has 0 radical (unpaired) electrons. The topological polar surface area (TPSA) is 92.8 Å². The number of fused-ring (bicyclic) bond motifs is 1. The number of rotatable bonds is 5. The smallest absolute Gasteiger partial charge is 0.408 e. The van der Waals surface area contributed by atoms with Crippen molar-refractivity contribution in [1.82, 2.24) is 8.87 Å². The predicted octanol–water partition coefficient (Wildman–Crippen LogP) is 3.23. The number of hydrogen-bond acceptors (Lipinski definition) is 5. The van der Waals surface area contributed by atoms with Crippen molar-refractivity contribution < 1.29 is 17.6 Å². The number of hydrogen-bond donors (Lipinski definition) is 0. The van der Waals surface area contributed by atoms with Crippen molar-refractivity contribution in [2.24, 2.45) is 11.8 Å². The fourth-order valence-electron chi connectivity index (χ4n) is 4.53. The fourth-order valence-corrected chi connectivity index (χ4v) is 6.23. The number of nitrogens with zero attached hydrogens (tertiary/aromatic N) is 3. The van der Waals surface area contributed by atoms with Gasteiger partial charge in [-0.15, -0.1) is 0 Å². The van der Waals surface area contributed by atoms with Crippen molar-refractivity contribution in [1.29, 1.82) is 0 Å². The summed E-state index contributed by atoms with van der Waals surface area (Å²) in [6.45, 7) is 6.75. The zero-order valence-electron chi connectivity index (χ0n) is 19.3. The summed E-state index contributed by atoms with van der Waals surface area (Å²) in [5.41, 5.74) is 2.26. The average Bonchev–Trinajstić information content (AvgIpc) is 3.06. The number of oxazole rings is 1. The molecule has 1 saturated heterocycles. The summed E-state index contributed by atoms with van der Waals surface area (Å²) in [5, 5.41) is 0. The molecule has 33 heavy (non-hydrogen) atoms. The van der Waals surface area contributed by atoms with Crippen molar-refractivity contribution in [3.63, 3.8) is 0 Å². The Bertz CT molecular complexity index is 1350. The van der Waals surface area contributed by atoms with Crippen LogP contribution in [-0.4, -0.2) is 43.3 Å². The van der Waals surface area contributed by atoms with E-state index >= 15 is 0 Å². The van der Waals surface area contributed by atoms with Crippen LogP contribution in [0.2, 0.25) is 0 Å². The minimum Gasteiger partial charge on any atom is -0.408 e. The quantitative estimate of drug-likeness (QED) is 0.570. The molecular weight excluding hydrogens is 442 g/mol. The van der Waals surface area contributed by atoms with Crippen molar-refractivity contribution in [3.05, 3.63) is 58.6 Å². The van der Waals surface area contributed by atoms with E-state index in [1.54, 1.807) is 7.05 Å². The van der Waals surface area contributed by atoms with Crippen molar-refractivity contribution >= 4 is 32.7 Å². The number of sulfonamides is 1. The molecule has 4 rings (SSSR count). The van der Waals surface area contributed by atoms with Crippen LogP contribution in [0.3, 0.4) is 0 Å². The van der Waals surface area contributed by atoms with Gasteiger partial charge in [0.05, 0.1) is 10.4 Å². The molecule has 8 nitrogen and oxygen atoms in total. The van der Waals surface area contributed by atoms with Gasteiger partial charge in [0, 0.05) is 31.9 Å². The van der Waals surface area contributed by atoms with Crippen LogP contribution in [0.15, 0.2) is 56.6 Å². The second kappa shape index (κ2) is 8.79. The maximum atomic E-state index is 13.2. The van der Waals surface area contributed by atoms with Crippen LogP contribution in [0.1, 0.15) is 25.8 Å². The molecule has 1 aliphatic heterocycles. The molecule has 0 N–H and O–H groups in total. The van der Waals surface area contributed by atoms with Gasteiger partial charge < -0.3 is 9.32 Å². The van der Waals surface area contributed by atoms with Gasteiger partial charge in [0.15, 0.2) is 5.58 Å². The highest BCUT2D eigenvalue weighted by atomic mass is 32.2. The van der Waals surface area contributed by atoms with E-state index in [2.05, 4.69) is 0 Å². The van der Waals surface area contributed by atoms with Gasteiger partial charge in [-0.3, -0.25) is 9.36 Å². The number of aromatic nitrogens is 1. The number of benzene rings is 2. The Kier molecular flexibility index (Phi) is 6.20. The number of carbonyl (C=O) groups excluding carboxylic acids is 1. The van der Waals surface area contributed by atoms with Gasteiger partial charge in [0.1, 0.15) is 6.54 Å². The lowest BCUT2D eigenvalue weighted by Gasteiger charge is -2.34. The largest absolute Gasteiger partial charge is 0.420 e. The molecule has 2 heterocycles. The van der Waals surface area contributed by atoms with Crippen LogP contribution in [0.4, 0.5) is 5.69 Å². The van der Waals surface area contributed by atoms with E-state index in [0.717, 1.165) is 17.7 Å². The summed E-state index contributed by atoms with van der Waals surface area (Å²) < 4.78 is 34.5. The van der Waals surface area contributed by atoms with Crippen LogP contribution in [0, 0.1) is 18.8 Å². The van der Waals surface area contributed by atoms with E-state index in [0.29, 0.717) is 18.6 Å². The standard InChI is InChI=1S/C24H29N3O5S/c1-16-6-5-7-19(11-16)25(4)23(28)15-27-21-9-8-20(12-22(21)32-24(27)29)33(30,31)26-13-17(2)10-18(3)14-26/h5-9,11-12,17-18H,10,13-15H2,1-4H3/t17-,18+. The average molecular weight is 472 g/mol. The summed E-state index contributed by atoms with van der Waals surface area (Å²) >= 11 is 0. The summed E-state index contributed by atoms with van der Waals surface area (Å²) in [6, 6.07) is 11.9. The Balaban J connectivity index is 1.61. The van der Waals surface area contributed by atoms with Crippen LogP contribution < -0.4 is 10.7 Å². The summed E-state index contributed by atoms with van der Waals surface area (Å²) in [6.07, 6.45) is 0.994. The molecule has 0 unspecified atom stereocenters. The van der Waals surface area contributed by atoms with E-state index in [1.807, 2.05) is 45.0 Å². The Labute approximate surface area is 193 Å². The Morgan fingerprint density at radius 3 is 2.48 bits per heavy atom. The highest BCUT2D eigenvalue weighted by Crippen LogP contribution is 2.28. The first-order valence-electron chi connectivity index (χ1n) is 11.0. The number of anilines is 1. The van der Waals surface area contributed by atoms with Gasteiger partial charge >= 0.3 is 5.76 Å². The van der Waals surface area contributed by atoms with Gasteiger partial charge in [-0.25, -0.2) is 13.2 Å². The van der Waals surface area contributed by atoms with Crippen LogP contribution >= 0.6 is 0 Å². The lowest BCUT2D eigenvalue weighted by molar-refractivity contribution is -0.118. The lowest BCUT2D eigenvalue weighted by atomic mass is 9.94. The Morgan fingerprint density at radius 2 is 1.82 bits per heavy atom. The Hall–Kier alpha value is -2.91. The summed E-state index contributed by atoms with van der Waals surface area (Å²) in [4.78, 5) is 26.9. The van der Waals surface area contributed by atoms with Gasteiger partial charge in [-0.1, -0.05) is 26.0 Å². The third kappa shape index (κ3) is 4.60. The Morgan fingerprint density at radius 1 is 1.12 bits per heavy atom. The van der Waals surface area contributed by atoms with Crippen LogP contribution in [-0.2, 0) is 21.4 Å². The minimum absolute atomic E-state index is 0.0837. The van der Waals surface area contributed by atoms with Gasteiger partial charge in [-0.2, -0.15) is 4.31 Å². The molecule has 1 amide bonds. The van der Waals surface area contributed by atoms with Gasteiger partial charge in [0.2, 0.25) is 15.9 Å². The molecule has 2 aromatic carbocycles. The fraction of sp³-hybridized carbons (Fsp3) is 0.417. The first-order valence-corrected chi connectivity index (χ1v) is 12.5. The lowest BCUT2D eigenvalue weighted by Crippen LogP contribution is -2.42. The van der Waals surface area contributed by atoms with E-state index in [1.165, 1.54) is 32.0 Å². The molecule has 0 bridgehead atoms. The third-order valence-electron chi connectivity index (χ3n) is 6.17. The van der Waals surface area contributed by atoms with Crippen molar-refractivity contribution in [2.45, 2.75) is 38.6 Å². The molecular formula is C24H29N3O5S. The molecule has 9 heteroatoms. The van der Waals surface area contributed by atoms with Gasteiger partial charge in [-0.05, 0) is 55.0 Å². The maximum absolute atomic E-state index is 13.2.